The number of aromatic amines is 1. The van der Waals surface area contributed by atoms with Crippen LogP contribution in [0.2, 0.25) is 0 Å². The number of likely N-dealkylation sites (tertiary alicyclic amines) is 1. The molecule has 1 saturated heterocycles. The minimum atomic E-state index is -3.04. The van der Waals surface area contributed by atoms with Gasteiger partial charge in [0.1, 0.15) is 5.82 Å². The van der Waals surface area contributed by atoms with Crippen LogP contribution in [0.4, 0.5) is 10.1 Å². The number of halogens is 1. The lowest BCUT2D eigenvalue weighted by atomic mass is 10.0. The van der Waals surface area contributed by atoms with Crippen molar-refractivity contribution in [2.24, 2.45) is 0 Å². The van der Waals surface area contributed by atoms with Gasteiger partial charge in [0.05, 0.1) is 11.1 Å². The standard InChI is InChI=1S/C22H25FN4O2.HO4P.H2/c1-13-19(12-17-16-11-15(23)5-6-18(16)26-21(17)28)25-14(2)20(13)22(29)24-7-10-27-8-3-4-9-27;1-4-5(2)3;/h5-6,11-12,25H,3-4,7-10H2,1-2H3,(H,24,29)(H,26,28);1H;1H/b17-12-;;. The second-order valence-electron chi connectivity index (χ2n) is 7.98. The first-order chi connectivity index (χ1) is 16.2. The Morgan fingerprint density at radius 2 is 2.06 bits per heavy atom. The molecule has 1 fully saturated rings. The summed E-state index contributed by atoms with van der Waals surface area (Å²) >= 11 is 0. The molecule has 1 unspecified atom stereocenters. The molecule has 1 aromatic carbocycles. The van der Waals surface area contributed by atoms with Crippen LogP contribution in [0.1, 0.15) is 47.1 Å². The molecule has 1 aromatic heterocycles. The summed E-state index contributed by atoms with van der Waals surface area (Å²) in [5.41, 5.74) is 4.27. The molecule has 1 atom stereocenters. The van der Waals surface area contributed by atoms with E-state index in [2.05, 4.69) is 25.2 Å². The first kappa shape index (κ1) is 25.7. The van der Waals surface area contributed by atoms with Crippen LogP contribution >= 0.6 is 8.25 Å². The van der Waals surface area contributed by atoms with Crippen molar-refractivity contribution in [1.29, 1.82) is 0 Å². The number of hydrogen-bond donors (Lipinski definition) is 4. The molecule has 0 spiro atoms. The number of anilines is 1. The lowest BCUT2D eigenvalue weighted by Crippen LogP contribution is -2.33. The van der Waals surface area contributed by atoms with E-state index in [0.29, 0.717) is 34.6 Å². The average Bonchev–Trinajstić information content (AvgIpc) is 3.48. The van der Waals surface area contributed by atoms with Crippen LogP contribution in [0.5, 0.6) is 0 Å². The SMILES string of the molecule is Cc1[nH]c(/C=C2\C(=O)Nc3ccc(F)cc32)c(C)c1C(=O)NCCN1CCCC1.O=[P+]([O-])OO.[HH]. The predicted octanol–water partition coefficient (Wildman–Crippen LogP) is 2.83. The highest BCUT2D eigenvalue weighted by atomic mass is 31.1. The molecule has 3 heterocycles. The molecular formula is C22H28FN4O6P. The molecule has 0 aliphatic carbocycles. The molecule has 4 rings (SSSR count). The number of amides is 2. The van der Waals surface area contributed by atoms with Gasteiger partial charge in [0.2, 0.25) is 0 Å². The van der Waals surface area contributed by atoms with Gasteiger partial charge in [-0.15, -0.1) is 0 Å². The molecular weight excluding hydrogens is 466 g/mol. The maximum absolute atomic E-state index is 13.7. The Hall–Kier alpha value is -2.95. The highest BCUT2D eigenvalue weighted by Crippen LogP contribution is 2.34. The number of rotatable bonds is 6. The first-order valence-corrected chi connectivity index (χ1v) is 11.8. The normalized spacial score (nSPS) is 16.7. The predicted molar refractivity (Wildman–Crippen MR) is 125 cm³/mol. The van der Waals surface area contributed by atoms with Crippen LogP contribution in [0.25, 0.3) is 11.6 Å². The van der Waals surface area contributed by atoms with Gasteiger partial charge in [0, 0.05) is 41.8 Å². The van der Waals surface area contributed by atoms with Crippen LogP contribution in [0.15, 0.2) is 18.2 Å². The number of fused-ring (bicyclic) bond motifs is 1. The van der Waals surface area contributed by atoms with Gasteiger partial charge in [-0.3, -0.25) is 9.59 Å². The van der Waals surface area contributed by atoms with Crippen molar-refractivity contribution < 1.29 is 34.8 Å². The van der Waals surface area contributed by atoms with Gasteiger partial charge in [0.25, 0.3) is 11.8 Å². The molecule has 4 N–H and O–H groups in total. The van der Waals surface area contributed by atoms with Crippen LogP contribution in [0, 0.1) is 19.7 Å². The van der Waals surface area contributed by atoms with Crippen LogP contribution in [-0.2, 0) is 14.0 Å². The summed E-state index contributed by atoms with van der Waals surface area (Å²) in [7, 11) is -3.04. The van der Waals surface area contributed by atoms with E-state index in [0.717, 1.165) is 30.9 Å². The number of aryl methyl sites for hydroxylation is 1. The summed E-state index contributed by atoms with van der Waals surface area (Å²) in [4.78, 5) is 39.5. The highest BCUT2D eigenvalue weighted by molar-refractivity contribution is 7.30. The van der Waals surface area contributed by atoms with E-state index in [1.165, 1.54) is 25.0 Å². The number of carbonyl (C=O) groups is 2. The zero-order valence-electron chi connectivity index (χ0n) is 18.8. The number of hydrogen-bond acceptors (Lipinski definition) is 7. The summed E-state index contributed by atoms with van der Waals surface area (Å²) in [6, 6.07) is 4.21. The fourth-order valence-corrected chi connectivity index (χ4v) is 4.13. The summed E-state index contributed by atoms with van der Waals surface area (Å²) in [5, 5.41) is 12.8. The minimum absolute atomic E-state index is 0. The molecule has 34 heavy (non-hydrogen) atoms. The molecule has 10 nitrogen and oxygen atoms in total. The van der Waals surface area contributed by atoms with Gasteiger partial charge >= 0.3 is 8.25 Å². The van der Waals surface area contributed by atoms with E-state index < -0.39 is 14.1 Å². The van der Waals surface area contributed by atoms with E-state index in [1.807, 2.05) is 13.8 Å². The molecule has 0 saturated carbocycles. The Morgan fingerprint density at radius 3 is 2.71 bits per heavy atom. The Labute approximate surface area is 198 Å². The van der Waals surface area contributed by atoms with Crippen molar-refractivity contribution in [2.45, 2.75) is 26.7 Å². The summed E-state index contributed by atoms with van der Waals surface area (Å²) in [6.45, 7) is 7.35. The lowest BCUT2D eigenvalue weighted by Gasteiger charge is -2.14. The zero-order chi connectivity index (χ0) is 24.8. The van der Waals surface area contributed by atoms with Crippen molar-refractivity contribution in [1.82, 2.24) is 15.2 Å². The van der Waals surface area contributed by atoms with Crippen molar-refractivity contribution >= 4 is 37.4 Å². The third-order valence-corrected chi connectivity index (χ3v) is 5.87. The maximum atomic E-state index is 13.7. The third-order valence-electron chi connectivity index (χ3n) is 5.74. The van der Waals surface area contributed by atoms with E-state index in [9.17, 15) is 14.0 Å². The Balaban J connectivity index is 0.000000656. The van der Waals surface area contributed by atoms with Crippen molar-refractivity contribution in [3.63, 3.8) is 0 Å². The van der Waals surface area contributed by atoms with E-state index in [1.54, 1.807) is 12.1 Å². The summed E-state index contributed by atoms with van der Waals surface area (Å²) < 4.78 is 25.3. The van der Waals surface area contributed by atoms with Crippen LogP contribution < -0.4 is 15.5 Å². The maximum Gasteiger partial charge on any atom is 0.521 e. The highest BCUT2D eigenvalue weighted by Gasteiger charge is 2.26. The topological polar surface area (TPSA) is 147 Å². The molecule has 2 amide bonds. The van der Waals surface area contributed by atoms with Gasteiger partial charge in [-0.1, -0.05) is 0 Å². The molecule has 2 aliphatic rings. The van der Waals surface area contributed by atoms with Gasteiger partial charge in [-0.2, -0.15) is 0 Å². The summed E-state index contributed by atoms with van der Waals surface area (Å²) in [5.74, 6) is -0.806. The van der Waals surface area contributed by atoms with Crippen LogP contribution in [0.3, 0.4) is 0 Å². The monoisotopic (exact) mass is 494 g/mol. The minimum Gasteiger partial charge on any atom is -0.565 e. The number of benzene rings is 1. The summed E-state index contributed by atoms with van der Waals surface area (Å²) in [6.07, 6.45) is 4.13. The van der Waals surface area contributed by atoms with Crippen molar-refractivity contribution in [3.05, 3.63) is 52.1 Å². The van der Waals surface area contributed by atoms with E-state index >= 15 is 0 Å². The molecule has 2 aromatic rings. The van der Waals surface area contributed by atoms with Gasteiger partial charge in [-0.25, -0.2) is 9.65 Å². The van der Waals surface area contributed by atoms with Gasteiger partial charge in [-0.05, 0) is 74.2 Å². The molecule has 12 heteroatoms. The largest absolute Gasteiger partial charge is 0.565 e. The van der Waals surface area contributed by atoms with Crippen molar-refractivity contribution in [2.75, 3.05) is 31.5 Å². The number of H-pyrrole nitrogens is 1. The van der Waals surface area contributed by atoms with Gasteiger partial charge in [0.15, 0.2) is 0 Å². The van der Waals surface area contributed by atoms with Crippen molar-refractivity contribution in [3.8, 4) is 0 Å². The zero-order valence-corrected chi connectivity index (χ0v) is 19.7. The second kappa shape index (κ2) is 11.5. The molecule has 0 radical (unpaired) electrons. The van der Waals surface area contributed by atoms with Gasteiger partial charge < -0.3 is 25.4 Å². The number of nitrogens with one attached hydrogen (secondary N) is 3. The number of aromatic nitrogens is 1. The smallest absolute Gasteiger partial charge is 0.521 e. The molecule has 184 valence electrons. The fraction of sp³-hybridized carbons (Fsp3) is 0.364. The Kier molecular flexibility index (Phi) is 8.65. The first-order valence-electron chi connectivity index (χ1n) is 10.7. The Bertz CT molecular complexity index is 1130. The third kappa shape index (κ3) is 6.13. The molecule has 2 aliphatic heterocycles. The lowest BCUT2D eigenvalue weighted by molar-refractivity contribution is -0.244. The molecule has 0 bridgehead atoms. The quantitative estimate of drug-likeness (QED) is 0.209. The average molecular weight is 494 g/mol. The number of nitrogens with zero attached hydrogens (tertiary/aromatic N) is 1. The fourth-order valence-electron chi connectivity index (χ4n) is 4.13. The second-order valence-corrected chi connectivity index (χ2v) is 8.59. The van der Waals surface area contributed by atoms with E-state index in [-0.39, 0.29) is 13.2 Å². The van der Waals surface area contributed by atoms with Crippen LogP contribution in [-0.4, -0.2) is 53.1 Å². The van der Waals surface area contributed by atoms with E-state index in [4.69, 9.17) is 14.7 Å². The number of carbonyl (C=O) groups excluding carboxylic acids is 2. The Morgan fingerprint density at radius 1 is 1.38 bits per heavy atom.